The summed E-state index contributed by atoms with van der Waals surface area (Å²) < 4.78 is 0. The molecule has 0 saturated heterocycles. The molecule has 0 saturated carbocycles. The summed E-state index contributed by atoms with van der Waals surface area (Å²) in [6.07, 6.45) is 0. The zero-order chi connectivity index (χ0) is 3.58. The Morgan fingerprint density at radius 1 is 0.857 bits per heavy atom. The van der Waals surface area contributed by atoms with E-state index in [9.17, 15) is 0 Å². The van der Waals surface area contributed by atoms with Gasteiger partial charge in [0.15, 0.2) is 0 Å². The monoisotopic (exact) mass is 354 g/mol. The summed E-state index contributed by atoms with van der Waals surface area (Å²) in [5, 5.41) is 21.5. The van der Waals surface area contributed by atoms with Gasteiger partial charge in [0, 0.05) is 74.1 Å². The van der Waals surface area contributed by atoms with Crippen LogP contribution in [0.3, 0.4) is 0 Å². The molecular formula is H3BCd2O3Zn. The fourth-order valence-corrected chi connectivity index (χ4v) is 0. The van der Waals surface area contributed by atoms with Gasteiger partial charge >= 0.3 is 7.32 Å². The second-order valence-corrected chi connectivity index (χ2v) is 0.346. The molecule has 0 aromatic heterocycles. The maximum Gasteiger partial charge on any atom is 0.631 e. The average Bonchev–Trinajstić information content (AvgIpc) is 0.811. The van der Waals surface area contributed by atoms with Crippen LogP contribution in [0, 0.1) is 0 Å². The molecule has 7 heteroatoms. The van der Waals surface area contributed by atoms with E-state index in [4.69, 9.17) is 15.1 Å². The van der Waals surface area contributed by atoms with E-state index in [0.29, 0.717) is 0 Å². The third-order valence-corrected chi connectivity index (χ3v) is 0. The van der Waals surface area contributed by atoms with Crippen LogP contribution in [0.4, 0.5) is 0 Å². The summed E-state index contributed by atoms with van der Waals surface area (Å²) in [6.45, 7) is 0. The van der Waals surface area contributed by atoms with E-state index in [1.165, 1.54) is 0 Å². The third-order valence-electron chi connectivity index (χ3n) is 0. The van der Waals surface area contributed by atoms with Crippen LogP contribution in [0.1, 0.15) is 0 Å². The van der Waals surface area contributed by atoms with Gasteiger partial charge < -0.3 is 15.1 Å². The van der Waals surface area contributed by atoms with Crippen LogP contribution in [0.2, 0.25) is 0 Å². The van der Waals surface area contributed by atoms with Gasteiger partial charge in [-0.15, -0.1) is 0 Å². The summed E-state index contributed by atoms with van der Waals surface area (Å²) in [5.74, 6) is 0. The van der Waals surface area contributed by atoms with Gasteiger partial charge in [0.2, 0.25) is 0 Å². The molecule has 0 heterocycles. The van der Waals surface area contributed by atoms with Crippen molar-refractivity contribution in [2.24, 2.45) is 0 Å². The largest absolute Gasteiger partial charge is 0.631 e. The topological polar surface area (TPSA) is 60.7 Å². The summed E-state index contributed by atoms with van der Waals surface area (Å²) in [7, 11) is -2.17. The predicted molar refractivity (Wildman–Crippen MR) is 12.4 cm³/mol. The minimum absolute atomic E-state index is 0. The number of hydrogen-bond donors (Lipinski definition) is 3. The van der Waals surface area contributed by atoms with E-state index in [2.05, 4.69) is 0 Å². The van der Waals surface area contributed by atoms with Crippen LogP contribution in [-0.4, -0.2) is 22.4 Å². The molecular weight excluding hydrogens is 349 g/mol. The van der Waals surface area contributed by atoms with Gasteiger partial charge in [-0.1, -0.05) is 0 Å². The Balaban J connectivity index is -0.0000000150. The molecule has 0 aromatic rings. The van der Waals surface area contributed by atoms with Crippen molar-refractivity contribution in [2.45, 2.75) is 0 Å². The van der Waals surface area contributed by atoms with Crippen molar-refractivity contribution >= 4 is 7.32 Å². The van der Waals surface area contributed by atoms with Crippen LogP contribution >= 0.6 is 0 Å². The molecule has 0 aliphatic carbocycles. The van der Waals surface area contributed by atoms with Crippen LogP contribution in [0.25, 0.3) is 0 Å². The van der Waals surface area contributed by atoms with Crippen LogP contribution in [0.15, 0.2) is 0 Å². The van der Waals surface area contributed by atoms with Crippen molar-refractivity contribution in [2.75, 3.05) is 0 Å². The fourth-order valence-electron chi connectivity index (χ4n) is 0. The Morgan fingerprint density at radius 2 is 0.857 bits per heavy atom. The van der Waals surface area contributed by atoms with Crippen molar-refractivity contribution in [3.63, 3.8) is 0 Å². The molecule has 0 radical (unpaired) electrons. The van der Waals surface area contributed by atoms with Gasteiger partial charge in [-0.05, 0) is 0 Å². The van der Waals surface area contributed by atoms with Crippen molar-refractivity contribution < 1.29 is 89.1 Å². The Kier molecular flexibility index (Phi) is 51.3. The Morgan fingerprint density at radius 3 is 0.857 bits per heavy atom. The van der Waals surface area contributed by atoms with E-state index in [0.717, 1.165) is 0 Å². The Hall–Kier alpha value is 2.41. The molecule has 0 spiro atoms. The quantitative estimate of drug-likeness (QED) is 0.440. The van der Waals surface area contributed by atoms with E-state index in [-0.39, 0.29) is 74.1 Å². The molecule has 0 aliphatic rings. The molecule has 3 nitrogen and oxygen atoms in total. The van der Waals surface area contributed by atoms with Crippen LogP contribution < -0.4 is 0 Å². The van der Waals surface area contributed by atoms with Gasteiger partial charge in [-0.2, -0.15) is 0 Å². The summed E-state index contributed by atoms with van der Waals surface area (Å²) in [6, 6.07) is 0. The predicted octanol–water partition coefficient (Wildman–Crippen LogP) is -2.06. The van der Waals surface area contributed by atoms with Crippen LogP contribution in [0.5, 0.6) is 0 Å². The first-order valence-corrected chi connectivity index (χ1v) is 0.775. The SMILES string of the molecule is OB(O)O.[Cd].[Cd].[Zn]. The zero-order valence-corrected chi connectivity index (χ0v) is 15.1. The minimum atomic E-state index is -2.17. The smallest absolute Gasteiger partial charge is 0.402 e. The second-order valence-electron chi connectivity index (χ2n) is 0.346. The molecule has 0 rings (SSSR count). The van der Waals surface area contributed by atoms with Gasteiger partial charge in [0.1, 0.15) is 0 Å². The molecule has 0 aliphatic heterocycles. The van der Waals surface area contributed by atoms with Crippen molar-refractivity contribution in [3.8, 4) is 0 Å². The van der Waals surface area contributed by atoms with E-state index in [1.807, 2.05) is 0 Å². The molecule has 30 valence electrons. The molecule has 0 unspecified atom stereocenters. The molecule has 7 heavy (non-hydrogen) atoms. The standard InChI is InChI=1S/BH3O3.2Cd.Zn/c2-1(3)4;;;/h2-4H;;;. The molecule has 0 bridgehead atoms. The zero-order valence-electron chi connectivity index (χ0n) is 4.04. The molecule has 0 aromatic carbocycles. The summed E-state index contributed by atoms with van der Waals surface area (Å²) in [5.41, 5.74) is 0. The fraction of sp³-hybridized carbons (Fsp3) is 0. The third kappa shape index (κ3) is 59.4. The van der Waals surface area contributed by atoms with Gasteiger partial charge in [-0.25, -0.2) is 0 Å². The first-order valence-electron chi connectivity index (χ1n) is 0.775. The number of rotatable bonds is 0. The van der Waals surface area contributed by atoms with Crippen molar-refractivity contribution in [1.29, 1.82) is 0 Å². The van der Waals surface area contributed by atoms with Crippen molar-refractivity contribution in [3.05, 3.63) is 0 Å². The van der Waals surface area contributed by atoms with Gasteiger partial charge in [-0.3, -0.25) is 0 Å². The maximum atomic E-state index is 7.17. The number of hydrogen-bond acceptors (Lipinski definition) is 3. The van der Waals surface area contributed by atoms with Crippen molar-refractivity contribution in [1.82, 2.24) is 0 Å². The molecule has 0 amide bonds. The summed E-state index contributed by atoms with van der Waals surface area (Å²) in [4.78, 5) is 0. The first kappa shape index (κ1) is 22.7. The normalized spacial score (nSPS) is 3.86. The second kappa shape index (κ2) is 15.8. The molecule has 3 N–H and O–H groups in total. The maximum absolute atomic E-state index is 7.17. The van der Waals surface area contributed by atoms with E-state index < -0.39 is 7.32 Å². The van der Waals surface area contributed by atoms with E-state index in [1.54, 1.807) is 0 Å². The Bertz CT molecular complexity index is 17.7. The average molecular weight is 352 g/mol. The van der Waals surface area contributed by atoms with Crippen LogP contribution in [-0.2, 0) is 74.1 Å². The first-order chi connectivity index (χ1) is 1.73. The van der Waals surface area contributed by atoms with E-state index >= 15 is 0 Å². The van der Waals surface area contributed by atoms with Gasteiger partial charge in [0.05, 0.1) is 0 Å². The summed E-state index contributed by atoms with van der Waals surface area (Å²) >= 11 is 0. The van der Waals surface area contributed by atoms with Gasteiger partial charge in [0.25, 0.3) is 0 Å². The molecule has 0 fully saturated rings. The minimum Gasteiger partial charge on any atom is -0.402 e. The Labute approximate surface area is 95.1 Å². The molecule has 0 atom stereocenters.